The van der Waals surface area contributed by atoms with Gasteiger partial charge in [0.2, 0.25) is 0 Å². The van der Waals surface area contributed by atoms with Crippen LogP contribution < -0.4 is 5.32 Å². The Morgan fingerprint density at radius 3 is 2.71 bits per heavy atom. The lowest BCUT2D eigenvalue weighted by molar-refractivity contribution is 0.0932. The van der Waals surface area contributed by atoms with Crippen molar-refractivity contribution in [2.24, 2.45) is 0 Å². The molecule has 0 radical (unpaired) electrons. The van der Waals surface area contributed by atoms with E-state index in [0.717, 1.165) is 27.7 Å². The second-order valence-electron chi connectivity index (χ2n) is 4.24. The SMILES string of the molecule is CCCCC(CCC)NC(=O)c1csc(I)c1. The first-order valence-corrected chi connectivity index (χ1v) is 8.18. The molecular formula is C13H20INOS. The number of hydrogen-bond donors (Lipinski definition) is 1. The van der Waals surface area contributed by atoms with Crippen LogP contribution in [0.2, 0.25) is 0 Å². The summed E-state index contributed by atoms with van der Waals surface area (Å²) in [6, 6.07) is 2.29. The second-order valence-corrected chi connectivity index (χ2v) is 7.05. The van der Waals surface area contributed by atoms with Gasteiger partial charge in [-0.2, -0.15) is 0 Å². The number of carbonyl (C=O) groups excluding carboxylic acids is 1. The van der Waals surface area contributed by atoms with Gasteiger partial charge in [0, 0.05) is 11.4 Å². The average Bonchev–Trinajstić information content (AvgIpc) is 2.73. The fraction of sp³-hybridized carbons (Fsp3) is 0.615. The van der Waals surface area contributed by atoms with Crippen LogP contribution in [0.3, 0.4) is 0 Å². The third-order valence-electron chi connectivity index (χ3n) is 2.71. The summed E-state index contributed by atoms with van der Waals surface area (Å²) >= 11 is 3.86. The largest absolute Gasteiger partial charge is 0.349 e. The van der Waals surface area contributed by atoms with Crippen LogP contribution in [-0.4, -0.2) is 11.9 Å². The Kier molecular flexibility index (Phi) is 7.11. The van der Waals surface area contributed by atoms with Crippen LogP contribution in [-0.2, 0) is 0 Å². The predicted molar refractivity (Wildman–Crippen MR) is 82.7 cm³/mol. The first-order valence-electron chi connectivity index (χ1n) is 6.22. The summed E-state index contributed by atoms with van der Waals surface area (Å²) < 4.78 is 1.16. The van der Waals surface area contributed by atoms with E-state index in [1.54, 1.807) is 11.3 Å². The maximum atomic E-state index is 12.0. The molecule has 17 heavy (non-hydrogen) atoms. The number of rotatable bonds is 7. The molecule has 0 saturated heterocycles. The zero-order valence-electron chi connectivity index (χ0n) is 10.5. The van der Waals surface area contributed by atoms with E-state index in [-0.39, 0.29) is 5.91 Å². The number of amides is 1. The lowest BCUT2D eigenvalue weighted by Gasteiger charge is -2.17. The lowest BCUT2D eigenvalue weighted by Crippen LogP contribution is -2.34. The predicted octanol–water partition coefficient (Wildman–Crippen LogP) is 4.44. The molecule has 0 aliphatic heterocycles. The zero-order valence-corrected chi connectivity index (χ0v) is 13.4. The van der Waals surface area contributed by atoms with Crippen molar-refractivity contribution in [3.8, 4) is 0 Å². The van der Waals surface area contributed by atoms with Gasteiger partial charge in [-0.15, -0.1) is 11.3 Å². The quantitative estimate of drug-likeness (QED) is 0.711. The number of halogens is 1. The van der Waals surface area contributed by atoms with E-state index in [0.29, 0.717) is 6.04 Å². The Hall–Kier alpha value is -0.100. The molecule has 1 heterocycles. The van der Waals surface area contributed by atoms with Crippen molar-refractivity contribution in [1.29, 1.82) is 0 Å². The summed E-state index contributed by atoms with van der Waals surface area (Å²) in [4.78, 5) is 12.0. The molecule has 0 aliphatic rings. The molecule has 0 aliphatic carbocycles. The van der Waals surface area contributed by atoms with Crippen LogP contribution in [0, 0.1) is 2.88 Å². The smallest absolute Gasteiger partial charge is 0.252 e. The molecule has 2 nitrogen and oxygen atoms in total. The second kappa shape index (κ2) is 8.08. The van der Waals surface area contributed by atoms with Gasteiger partial charge in [0.15, 0.2) is 0 Å². The molecular weight excluding hydrogens is 345 g/mol. The molecule has 1 aromatic heterocycles. The highest BCUT2D eigenvalue weighted by Crippen LogP contribution is 2.17. The number of nitrogens with one attached hydrogen (secondary N) is 1. The third kappa shape index (κ3) is 5.38. The lowest BCUT2D eigenvalue weighted by atomic mass is 10.0. The first kappa shape index (κ1) is 15.0. The Morgan fingerprint density at radius 1 is 1.41 bits per heavy atom. The highest BCUT2D eigenvalue weighted by atomic mass is 127. The van der Waals surface area contributed by atoms with Crippen molar-refractivity contribution >= 4 is 39.8 Å². The van der Waals surface area contributed by atoms with Gasteiger partial charge in [-0.3, -0.25) is 4.79 Å². The van der Waals surface area contributed by atoms with Gasteiger partial charge in [0.25, 0.3) is 5.91 Å². The number of unbranched alkanes of at least 4 members (excludes halogenated alkanes) is 1. The van der Waals surface area contributed by atoms with E-state index < -0.39 is 0 Å². The molecule has 1 atom stereocenters. The fourth-order valence-electron chi connectivity index (χ4n) is 1.79. The molecule has 0 bridgehead atoms. The molecule has 1 rings (SSSR count). The van der Waals surface area contributed by atoms with Crippen molar-refractivity contribution in [3.63, 3.8) is 0 Å². The highest BCUT2D eigenvalue weighted by Gasteiger charge is 2.13. The Balaban J connectivity index is 2.51. The number of carbonyl (C=O) groups is 1. The highest BCUT2D eigenvalue weighted by molar-refractivity contribution is 14.1. The van der Waals surface area contributed by atoms with Gasteiger partial charge in [-0.05, 0) is 41.5 Å². The van der Waals surface area contributed by atoms with E-state index in [1.165, 1.54) is 12.8 Å². The van der Waals surface area contributed by atoms with Crippen molar-refractivity contribution in [3.05, 3.63) is 19.9 Å². The molecule has 0 saturated carbocycles. The van der Waals surface area contributed by atoms with Crippen LogP contribution in [0.25, 0.3) is 0 Å². The Bertz CT molecular complexity index is 351. The topological polar surface area (TPSA) is 29.1 Å². The molecule has 1 unspecified atom stereocenters. The van der Waals surface area contributed by atoms with Crippen molar-refractivity contribution in [2.75, 3.05) is 0 Å². The van der Waals surface area contributed by atoms with Crippen LogP contribution in [0.1, 0.15) is 56.3 Å². The van der Waals surface area contributed by atoms with Gasteiger partial charge >= 0.3 is 0 Å². The summed E-state index contributed by atoms with van der Waals surface area (Å²) in [5.41, 5.74) is 0.803. The van der Waals surface area contributed by atoms with Crippen LogP contribution in [0.4, 0.5) is 0 Å². The first-order chi connectivity index (χ1) is 8.17. The van der Waals surface area contributed by atoms with Crippen LogP contribution in [0.5, 0.6) is 0 Å². The van der Waals surface area contributed by atoms with Crippen LogP contribution >= 0.6 is 33.9 Å². The van der Waals surface area contributed by atoms with E-state index >= 15 is 0 Å². The molecule has 1 amide bonds. The monoisotopic (exact) mass is 365 g/mol. The Morgan fingerprint density at radius 2 is 2.18 bits per heavy atom. The minimum absolute atomic E-state index is 0.0821. The van der Waals surface area contributed by atoms with E-state index in [1.807, 2.05) is 11.4 Å². The maximum absolute atomic E-state index is 12.0. The van der Waals surface area contributed by atoms with Gasteiger partial charge < -0.3 is 5.32 Å². The molecule has 0 aromatic carbocycles. The van der Waals surface area contributed by atoms with Crippen molar-refractivity contribution < 1.29 is 4.79 Å². The third-order valence-corrected chi connectivity index (χ3v) is 4.50. The Labute approximate surface area is 121 Å². The minimum atomic E-state index is 0.0821. The number of thiophene rings is 1. The summed E-state index contributed by atoms with van der Waals surface area (Å²) in [5.74, 6) is 0.0821. The zero-order chi connectivity index (χ0) is 12.7. The molecule has 1 N–H and O–H groups in total. The summed E-state index contributed by atoms with van der Waals surface area (Å²) in [7, 11) is 0. The van der Waals surface area contributed by atoms with Gasteiger partial charge in [-0.1, -0.05) is 33.1 Å². The van der Waals surface area contributed by atoms with E-state index in [9.17, 15) is 4.79 Å². The fourth-order valence-corrected chi connectivity index (χ4v) is 3.11. The maximum Gasteiger partial charge on any atom is 0.252 e. The molecule has 0 spiro atoms. The molecule has 0 fully saturated rings. The standard InChI is InChI=1S/C13H20INOS/c1-3-5-7-11(6-4-2)15-13(16)10-8-12(14)17-9-10/h8-9,11H,3-7H2,1-2H3,(H,15,16). The van der Waals surface area contributed by atoms with E-state index in [4.69, 9.17) is 0 Å². The summed E-state index contributed by atoms with van der Waals surface area (Å²) in [6.07, 6.45) is 5.67. The van der Waals surface area contributed by atoms with Gasteiger partial charge in [0.05, 0.1) is 8.45 Å². The minimum Gasteiger partial charge on any atom is -0.349 e. The normalized spacial score (nSPS) is 12.4. The van der Waals surface area contributed by atoms with Gasteiger partial charge in [0.1, 0.15) is 0 Å². The number of hydrogen-bond acceptors (Lipinski definition) is 2. The average molecular weight is 365 g/mol. The summed E-state index contributed by atoms with van der Waals surface area (Å²) in [5, 5.41) is 5.08. The molecule has 4 heteroatoms. The molecule has 1 aromatic rings. The molecule has 96 valence electrons. The van der Waals surface area contributed by atoms with Gasteiger partial charge in [-0.25, -0.2) is 0 Å². The summed E-state index contributed by atoms with van der Waals surface area (Å²) in [6.45, 7) is 4.35. The van der Waals surface area contributed by atoms with Crippen molar-refractivity contribution in [2.45, 2.75) is 52.0 Å². The van der Waals surface area contributed by atoms with Crippen LogP contribution in [0.15, 0.2) is 11.4 Å². The van der Waals surface area contributed by atoms with Crippen molar-refractivity contribution in [1.82, 2.24) is 5.32 Å². The van der Waals surface area contributed by atoms with E-state index in [2.05, 4.69) is 41.8 Å².